The van der Waals surface area contributed by atoms with Crippen LogP contribution in [0.4, 0.5) is 10.8 Å². The van der Waals surface area contributed by atoms with Gasteiger partial charge in [0.15, 0.2) is 11.5 Å². The Morgan fingerprint density at radius 1 is 0.902 bits per heavy atom. The first-order valence-electron chi connectivity index (χ1n) is 12.5. The number of methoxy groups -OCH3 is 4. The lowest BCUT2D eigenvalue weighted by Gasteiger charge is -2.17. The molecule has 0 unspecified atom stereocenters. The second kappa shape index (κ2) is 11.6. The molecule has 0 N–H and O–H groups in total. The van der Waals surface area contributed by atoms with Crippen LogP contribution in [0.25, 0.3) is 10.2 Å². The molecule has 1 aromatic heterocycles. The van der Waals surface area contributed by atoms with E-state index in [1.54, 1.807) is 55.6 Å². The number of hydrogen-bond donors (Lipinski definition) is 0. The Morgan fingerprint density at radius 3 is 2.15 bits per heavy atom. The smallest absolute Gasteiger partial charge is 0.280 e. The molecule has 0 spiro atoms. The number of rotatable bonds is 9. The van der Waals surface area contributed by atoms with E-state index < -0.39 is 5.91 Å². The summed E-state index contributed by atoms with van der Waals surface area (Å²) in [5.74, 6) is 0.944. The van der Waals surface area contributed by atoms with Gasteiger partial charge in [-0.2, -0.15) is 10.1 Å². The van der Waals surface area contributed by atoms with Gasteiger partial charge in [0.2, 0.25) is 22.7 Å². The molecule has 11 nitrogen and oxygen atoms in total. The number of nitrogens with zero attached hydrogens (tertiary/aromatic N) is 4. The summed E-state index contributed by atoms with van der Waals surface area (Å²) in [7, 11) is 6.11. The summed E-state index contributed by atoms with van der Waals surface area (Å²) in [4.78, 5) is 43.9. The number of imide groups is 1. The van der Waals surface area contributed by atoms with Crippen LogP contribution < -0.4 is 28.9 Å². The number of hydrazone groups is 1. The predicted octanol–water partition coefficient (Wildman–Crippen LogP) is 4.67. The Kier molecular flexibility index (Phi) is 7.83. The second-order valence-corrected chi connectivity index (χ2v) is 9.83. The van der Waals surface area contributed by atoms with Gasteiger partial charge in [-0.25, -0.2) is 4.98 Å². The number of hydrogen-bond acceptors (Lipinski definition) is 10. The maximum absolute atomic E-state index is 13.8. The molecule has 1 aliphatic heterocycles. The molecular weight excluding hydrogens is 548 g/mol. The number of carbonyl (C=O) groups is 3. The van der Waals surface area contributed by atoms with Crippen LogP contribution in [0.3, 0.4) is 0 Å². The van der Waals surface area contributed by atoms with Gasteiger partial charge in [-0.1, -0.05) is 11.3 Å². The standard InChI is InChI=1S/C29H26N4O7S/c1-37-20-9-10-21-24(15-20)41-29(31-21)33(30-16-17-13-22(38-2)27(40-4)23(14-17)39-3)28(36)18-5-7-19(8-6-18)32-25(34)11-12-26(32)35/h5-10,13-16H,11-12H2,1-4H3/b30-16+. The predicted molar refractivity (Wildman–Crippen MR) is 155 cm³/mol. The van der Waals surface area contributed by atoms with Crippen LogP contribution in [-0.4, -0.2) is 57.4 Å². The monoisotopic (exact) mass is 574 g/mol. The van der Waals surface area contributed by atoms with Crippen molar-refractivity contribution < 1.29 is 33.3 Å². The van der Waals surface area contributed by atoms with Gasteiger partial charge in [0.05, 0.1) is 50.6 Å². The molecule has 0 radical (unpaired) electrons. The largest absolute Gasteiger partial charge is 0.497 e. The lowest BCUT2D eigenvalue weighted by atomic mass is 10.2. The maximum atomic E-state index is 13.8. The molecule has 12 heteroatoms. The van der Waals surface area contributed by atoms with E-state index in [2.05, 4.69) is 10.1 Å². The van der Waals surface area contributed by atoms with E-state index in [0.29, 0.717) is 44.9 Å². The van der Waals surface area contributed by atoms with E-state index in [1.165, 1.54) is 43.9 Å². The van der Waals surface area contributed by atoms with E-state index in [1.807, 2.05) is 6.07 Å². The first-order valence-corrected chi connectivity index (χ1v) is 13.3. The number of anilines is 2. The molecule has 1 saturated heterocycles. The third-order valence-corrected chi connectivity index (χ3v) is 7.38. The van der Waals surface area contributed by atoms with Crippen molar-refractivity contribution in [1.82, 2.24) is 4.98 Å². The minimum Gasteiger partial charge on any atom is -0.497 e. The number of ether oxygens (including phenoxy) is 4. The van der Waals surface area contributed by atoms with Gasteiger partial charge in [-0.15, -0.1) is 0 Å². The van der Waals surface area contributed by atoms with E-state index >= 15 is 0 Å². The van der Waals surface area contributed by atoms with E-state index in [0.717, 1.165) is 9.60 Å². The number of fused-ring (bicyclic) bond motifs is 1. The summed E-state index contributed by atoms with van der Waals surface area (Å²) in [6.45, 7) is 0. The Morgan fingerprint density at radius 2 is 1.56 bits per heavy atom. The van der Waals surface area contributed by atoms with E-state index in [-0.39, 0.29) is 30.2 Å². The quantitative estimate of drug-likeness (QED) is 0.161. The minimum atomic E-state index is -0.467. The second-order valence-electron chi connectivity index (χ2n) is 8.82. The molecule has 4 aromatic rings. The summed E-state index contributed by atoms with van der Waals surface area (Å²) >= 11 is 1.27. The van der Waals surface area contributed by atoms with Crippen LogP contribution in [0.5, 0.6) is 23.0 Å². The third-order valence-electron chi connectivity index (χ3n) is 6.39. The van der Waals surface area contributed by atoms with Gasteiger partial charge in [0.1, 0.15) is 5.75 Å². The Balaban J connectivity index is 1.54. The number of aromatic nitrogens is 1. The normalized spacial score (nSPS) is 13.2. The van der Waals surface area contributed by atoms with Gasteiger partial charge >= 0.3 is 0 Å². The van der Waals surface area contributed by atoms with Crippen molar-refractivity contribution in [2.75, 3.05) is 38.3 Å². The zero-order valence-corrected chi connectivity index (χ0v) is 23.6. The molecule has 2 heterocycles. The first kappa shape index (κ1) is 27.6. The fourth-order valence-electron chi connectivity index (χ4n) is 4.34. The van der Waals surface area contributed by atoms with Gasteiger partial charge in [-0.3, -0.25) is 19.3 Å². The summed E-state index contributed by atoms with van der Waals surface area (Å²) in [6, 6.07) is 15.1. The van der Waals surface area contributed by atoms with Crippen molar-refractivity contribution in [3.63, 3.8) is 0 Å². The van der Waals surface area contributed by atoms with Crippen molar-refractivity contribution in [1.29, 1.82) is 0 Å². The maximum Gasteiger partial charge on any atom is 0.280 e. The van der Waals surface area contributed by atoms with Crippen LogP contribution in [-0.2, 0) is 9.59 Å². The molecule has 41 heavy (non-hydrogen) atoms. The SMILES string of the molecule is COc1ccc2nc(N(/N=C/c3cc(OC)c(OC)c(OC)c3)C(=O)c3ccc(N4C(=O)CCC4=O)cc3)sc2c1. The molecule has 3 aromatic carbocycles. The van der Waals surface area contributed by atoms with Crippen molar-refractivity contribution in [2.24, 2.45) is 5.10 Å². The van der Waals surface area contributed by atoms with Crippen LogP contribution >= 0.6 is 11.3 Å². The highest BCUT2D eigenvalue weighted by Gasteiger charge is 2.30. The Labute approximate surface area is 239 Å². The average Bonchev–Trinajstić information content (AvgIpc) is 3.57. The van der Waals surface area contributed by atoms with Crippen LogP contribution in [0.2, 0.25) is 0 Å². The van der Waals surface area contributed by atoms with Crippen molar-refractivity contribution in [3.05, 3.63) is 65.7 Å². The van der Waals surface area contributed by atoms with E-state index in [9.17, 15) is 14.4 Å². The van der Waals surface area contributed by atoms with E-state index in [4.69, 9.17) is 18.9 Å². The minimum absolute atomic E-state index is 0.172. The van der Waals surface area contributed by atoms with Gasteiger partial charge in [-0.05, 0) is 54.6 Å². The number of amides is 3. The molecule has 0 aliphatic carbocycles. The van der Waals surface area contributed by atoms with Crippen LogP contribution in [0.15, 0.2) is 59.7 Å². The fourth-order valence-corrected chi connectivity index (χ4v) is 5.29. The summed E-state index contributed by atoms with van der Waals surface area (Å²) in [5.41, 5.74) is 1.95. The molecule has 1 aliphatic rings. The highest BCUT2D eigenvalue weighted by molar-refractivity contribution is 7.22. The molecule has 1 fully saturated rings. The number of thiazole rings is 1. The fraction of sp³-hybridized carbons (Fsp3) is 0.207. The zero-order valence-electron chi connectivity index (χ0n) is 22.7. The molecule has 210 valence electrons. The molecule has 3 amide bonds. The topological polar surface area (TPSA) is 120 Å². The lowest BCUT2D eigenvalue weighted by Crippen LogP contribution is -2.29. The third kappa shape index (κ3) is 5.41. The van der Waals surface area contributed by atoms with Crippen LogP contribution in [0, 0.1) is 0 Å². The highest BCUT2D eigenvalue weighted by atomic mass is 32.1. The molecular formula is C29H26N4O7S. The highest BCUT2D eigenvalue weighted by Crippen LogP contribution is 2.38. The molecule has 0 atom stereocenters. The van der Waals surface area contributed by atoms with Gasteiger partial charge in [0, 0.05) is 24.0 Å². The number of carbonyl (C=O) groups excluding carboxylic acids is 3. The molecule has 5 rings (SSSR count). The molecule has 0 saturated carbocycles. The zero-order chi connectivity index (χ0) is 29.1. The summed E-state index contributed by atoms with van der Waals surface area (Å²) in [6.07, 6.45) is 1.83. The average molecular weight is 575 g/mol. The summed E-state index contributed by atoms with van der Waals surface area (Å²) in [5, 5.41) is 6.04. The van der Waals surface area contributed by atoms with Crippen LogP contribution in [0.1, 0.15) is 28.8 Å². The van der Waals surface area contributed by atoms with Gasteiger partial charge in [0.25, 0.3) is 5.91 Å². The van der Waals surface area contributed by atoms with Crippen molar-refractivity contribution in [2.45, 2.75) is 12.8 Å². The molecule has 0 bridgehead atoms. The first-order chi connectivity index (χ1) is 19.9. The summed E-state index contributed by atoms with van der Waals surface area (Å²) < 4.78 is 22.4. The lowest BCUT2D eigenvalue weighted by molar-refractivity contribution is -0.121. The Hall–Kier alpha value is -4.97. The van der Waals surface area contributed by atoms with Gasteiger partial charge < -0.3 is 18.9 Å². The number of benzene rings is 3. The van der Waals surface area contributed by atoms with Crippen molar-refractivity contribution >= 4 is 56.3 Å². The Bertz CT molecular complexity index is 1620. The van der Waals surface area contributed by atoms with Crippen molar-refractivity contribution in [3.8, 4) is 23.0 Å².